The summed E-state index contributed by atoms with van der Waals surface area (Å²) in [4.78, 5) is 11.8. The Balaban J connectivity index is 1.94. The molecule has 7 heteroatoms. The molecule has 1 aromatic rings. The molecule has 0 amide bonds. The Morgan fingerprint density at radius 3 is 2.81 bits per heavy atom. The number of anilines is 1. The lowest BCUT2D eigenvalue weighted by Gasteiger charge is -2.23. The fourth-order valence-corrected chi connectivity index (χ4v) is 5.21. The number of nitrogens with two attached hydrogens (primary N) is 1. The first-order valence-electron chi connectivity index (χ1n) is 6.95. The molecular weight excluding hydrogens is 292 g/mol. The number of hydrogen-bond acceptors (Lipinski definition) is 4. The van der Waals surface area contributed by atoms with Crippen LogP contribution in [0, 0.1) is 11.3 Å². The first-order valence-corrected chi connectivity index (χ1v) is 8.39. The van der Waals surface area contributed by atoms with Crippen molar-refractivity contribution in [1.82, 2.24) is 4.31 Å². The van der Waals surface area contributed by atoms with Crippen LogP contribution in [-0.4, -0.2) is 36.9 Å². The number of hydrogen-bond donors (Lipinski definition) is 2. The number of sulfonamides is 1. The van der Waals surface area contributed by atoms with Crippen LogP contribution < -0.4 is 5.73 Å². The molecule has 2 aliphatic rings. The van der Waals surface area contributed by atoms with Gasteiger partial charge < -0.3 is 10.8 Å². The zero-order chi connectivity index (χ0) is 15.3. The van der Waals surface area contributed by atoms with Crippen molar-refractivity contribution in [1.29, 1.82) is 0 Å². The molecule has 0 unspecified atom stereocenters. The Morgan fingerprint density at radius 1 is 1.43 bits per heavy atom. The first-order chi connectivity index (χ1) is 9.86. The molecule has 1 saturated heterocycles. The van der Waals surface area contributed by atoms with Gasteiger partial charge in [-0.3, -0.25) is 4.79 Å². The monoisotopic (exact) mass is 310 g/mol. The van der Waals surface area contributed by atoms with Gasteiger partial charge in [0.25, 0.3) is 0 Å². The molecule has 1 saturated carbocycles. The van der Waals surface area contributed by atoms with Crippen LogP contribution >= 0.6 is 0 Å². The average Bonchev–Trinajstić information content (AvgIpc) is 2.96. The molecule has 1 aromatic carbocycles. The first kappa shape index (κ1) is 14.3. The van der Waals surface area contributed by atoms with Crippen molar-refractivity contribution in [3.05, 3.63) is 24.3 Å². The van der Waals surface area contributed by atoms with Crippen LogP contribution in [0.4, 0.5) is 5.69 Å². The van der Waals surface area contributed by atoms with Crippen molar-refractivity contribution < 1.29 is 18.3 Å². The largest absolute Gasteiger partial charge is 0.481 e. The Morgan fingerprint density at radius 2 is 2.19 bits per heavy atom. The molecule has 6 nitrogen and oxygen atoms in total. The molecule has 2 fully saturated rings. The summed E-state index contributed by atoms with van der Waals surface area (Å²) < 4.78 is 26.6. The van der Waals surface area contributed by atoms with Crippen molar-refractivity contribution in [2.24, 2.45) is 11.3 Å². The molecular formula is C14H18N2O4S. The number of nitrogen functional groups attached to an aromatic ring is 1. The fraction of sp³-hybridized carbons (Fsp3) is 0.500. The highest BCUT2D eigenvalue weighted by molar-refractivity contribution is 7.89. The quantitative estimate of drug-likeness (QED) is 0.815. The molecule has 1 aliphatic carbocycles. The number of nitrogens with zero attached hydrogens (tertiary/aromatic N) is 1. The Bertz CT molecular complexity index is 688. The number of rotatable bonds is 3. The van der Waals surface area contributed by atoms with Crippen LogP contribution in [0.3, 0.4) is 0 Å². The van der Waals surface area contributed by atoms with Crippen molar-refractivity contribution >= 4 is 21.7 Å². The van der Waals surface area contributed by atoms with Gasteiger partial charge in [-0.1, -0.05) is 12.5 Å². The highest BCUT2D eigenvalue weighted by atomic mass is 32.2. The van der Waals surface area contributed by atoms with E-state index in [0.29, 0.717) is 12.1 Å². The van der Waals surface area contributed by atoms with E-state index in [4.69, 9.17) is 5.73 Å². The summed E-state index contributed by atoms with van der Waals surface area (Å²) in [5.41, 5.74) is 5.11. The van der Waals surface area contributed by atoms with Gasteiger partial charge in [0.05, 0.1) is 10.3 Å². The highest BCUT2D eigenvalue weighted by Gasteiger charge is 2.57. The highest BCUT2D eigenvalue weighted by Crippen LogP contribution is 2.50. The summed E-state index contributed by atoms with van der Waals surface area (Å²) in [6.45, 7) is 0.341. The molecule has 1 aliphatic heterocycles. The Kier molecular flexibility index (Phi) is 3.22. The van der Waals surface area contributed by atoms with Gasteiger partial charge in [0.1, 0.15) is 0 Å². The predicted molar refractivity (Wildman–Crippen MR) is 77.0 cm³/mol. The van der Waals surface area contributed by atoms with Gasteiger partial charge in [-0.15, -0.1) is 0 Å². The molecule has 0 radical (unpaired) electrons. The number of aliphatic carboxylic acids is 1. The number of fused-ring (bicyclic) bond motifs is 1. The van der Waals surface area contributed by atoms with E-state index in [9.17, 15) is 18.3 Å². The van der Waals surface area contributed by atoms with Crippen LogP contribution in [0.5, 0.6) is 0 Å². The van der Waals surface area contributed by atoms with E-state index < -0.39 is 21.4 Å². The van der Waals surface area contributed by atoms with Gasteiger partial charge >= 0.3 is 5.97 Å². The zero-order valence-corrected chi connectivity index (χ0v) is 12.3. The second kappa shape index (κ2) is 4.71. The van der Waals surface area contributed by atoms with Crippen molar-refractivity contribution in [3.8, 4) is 0 Å². The van der Waals surface area contributed by atoms with Crippen molar-refractivity contribution in [3.63, 3.8) is 0 Å². The normalized spacial score (nSPS) is 29.4. The minimum absolute atomic E-state index is 0.0597. The minimum atomic E-state index is -3.68. The lowest BCUT2D eigenvalue weighted by atomic mass is 9.81. The molecule has 0 bridgehead atoms. The lowest BCUT2D eigenvalue weighted by molar-refractivity contribution is -0.149. The van der Waals surface area contributed by atoms with E-state index in [-0.39, 0.29) is 23.9 Å². The molecule has 21 heavy (non-hydrogen) atoms. The molecule has 0 aromatic heterocycles. The number of benzene rings is 1. The molecule has 0 spiro atoms. The Hall–Kier alpha value is -1.60. The molecule has 114 valence electrons. The third-order valence-corrected chi connectivity index (χ3v) is 6.57. The van der Waals surface area contributed by atoms with Crippen LogP contribution in [0.1, 0.15) is 19.3 Å². The van der Waals surface area contributed by atoms with E-state index in [1.165, 1.54) is 16.4 Å². The average molecular weight is 310 g/mol. The predicted octanol–water partition coefficient (Wildman–Crippen LogP) is 1.14. The summed E-state index contributed by atoms with van der Waals surface area (Å²) in [5.74, 6) is -0.971. The molecule has 1 heterocycles. The maximum atomic E-state index is 12.7. The lowest BCUT2D eigenvalue weighted by Crippen LogP contribution is -2.37. The molecule has 3 rings (SSSR count). The van der Waals surface area contributed by atoms with Gasteiger partial charge in [-0.25, -0.2) is 8.42 Å². The van der Waals surface area contributed by atoms with Gasteiger partial charge in [0.15, 0.2) is 0 Å². The van der Waals surface area contributed by atoms with E-state index in [0.717, 1.165) is 12.8 Å². The maximum absolute atomic E-state index is 12.7. The zero-order valence-electron chi connectivity index (χ0n) is 11.5. The number of carbonyl (C=O) groups is 1. The van der Waals surface area contributed by atoms with E-state index in [1.54, 1.807) is 12.1 Å². The maximum Gasteiger partial charge on any atom is 0.311 e. The third kappa shape index (κ3) is 2.11. The van der Waals surface area contributed by atoms with Crippen LogP contribution in [-0.2, 0) is 14.8 Å². The minimum Gasteiger partial charge on any atom is -0.481 e. The topological polar surface area (TPSA) is 101 Å². The summed E-state index contributed by atoms with van der Waals surface area (Å²) >= 11 is 0. The number of carboxylic acid groups (broad SMARTS) is 1. The van der Waals surface area contributed by atoms with Crippen LogP contribution in [0.25, 0.3) is 0 Å². The second-order valence-corrected chi connectivity index (χ2v) is 7.86. The van der Waals surface area contributed by atoms with Crippen LogP contribution in [0.2, 0.25) is 0 Å². The molecule has 3 N–H and O–H groups in total. The third-order valence-electron chi connectivity index (χ3n) is 4.76. The summed E-state index contributed by atoms with van der Waals surface area (Å²) in [6, 6.07) is 6.12. The molecule has 2 atom stereocenters. The Labute approximate surface area is 123 Å². The van der Waals surface area contributed by atoms with Gasteiger partial charge in [-0.2, -0.15) is 4.31 Å². The van der Waals surface area contributed by atoms with E-state index >= 15 is 0 Å². The smallest absolute Gasteiger partial charge is 0.311 e. The number of carboxylic acids is 1. The fourth-order valence-electron chi connectivity index (χ4n) is 3.60. The van der Waals surface area contributed by atoms with Crippen molar-refractivity contribution in [2.45, 2.75) is 24.2 Å². The standard InChI is InChI=1S/C14H18N2O4S/c15-11-4-1-5-12(7-11)21(19,20)16-8-10-3-2-6-14(10,9-16)13(17)18/h1,4-5,7,10H,2-3,6,8-9,15H2,(H,17,18)/t10-,14+/m0/s1. The van der Waals surface area contributed by atoms with Gasteiger partial charge in [0.2, 0.25) is 10.0 Å². The SMILES string of the molecule is Nc1cccc(S(=O)(=O)N2C[C@@H]3CCC[C@@]3(C(=O)O)C2)c1. The summed E-state index contributed by atoms with van der Waals surface area (Å²) in [6.07, 6.45) is 2.17. The van der Waals surface area contributed by atoms with Gasteiger partial charge in [-0.05, 0) is 37.0 Å². The summed E-state index contributed by atoms with van der Waals surface area (Å²) in [5, 5.41) is 9.53. The second-order valence-electron chi connectivity index (χ2n) is 5.92. The van der Waals surface area contributed by atoms with Crippen LogP contribution in [0.15, 0.2) is 29.2 Å². The van der Waals surface area contributed by atoms with E-state index in [1.807, 2.05) is 0 Å². The van der Waals surface area contributed by atoms with Crippen molar-refractivity contribution in [2.75, 3.05) is 18.8 Å². The summed E-state index contributed by atoms with van der Waals surface area (Å²) in [7, 11) is -3.68. The van der Waals surface area contributed by atoms with E-state index in [2.05, 4.69) is 0 Å². The van der Waals surface area contributed by atoms with Gasteiger partial charge in [0, 0.05) is 18.8 Å².